The van der Waals surface area contributed by atoms with Gasteiger partial charge in [-0.1, -0.05) is 140 Å². The van der Waals surface area contributed by atoms with Gasteiger partial charge < -0.3 is 29.6 Å². The molecule has 1 aromatic heterocycles. The number of fused-ring (bicyclic) bond motifs is 4. The molecule has 3 heterocycles. The number of carbonyl (C=O) groups excluding carboxylic acids is 3. The number of piperazine rings is 1. The average molecular weight is 921 g/mol. The molecule has 3 amide bonds. The Labute approximate surface area is 404 Å². The molecule has 11 nitrogen and oxygen atoms in total. The summed E-state index contributed by atoms with van der Waals surface area (Å²) in [6.07, 6.45) is 2.97. The van der Waals surface area contributed by atoms with Crippen LogP contribution in [0.3, 0.4) is 0 Å². The molecular formula is C58H60N6O5. The minimum Gasteiger partial charge on any atom is -0.449 e. The summed E-state index contributed by atoms with van der Waals surface area (Å²) in [5.41, 5.74) is 10.2. The quantitative estimate of drug-likeness (QED) is 0.0987. The largest absolute Gasteiger partial charge is 0.449 e. The molecule has 6 aromatic carbocycles. The summed E-state index contributed by atoms with van der Waals surface area (Å²) in [5.74, 6) is -0.411. The van der Waals surface area contributed by atoms with Gasteiger partial charge in [0.25, 0.3) is 0 Å². The predicted octanol–water partition coefficient (Wildman–Crippen LogP) is 9.71. The first-order valence-electron chi connectivity index (χ1n) is 24.4. The van der Waals surface area contributed by atoms with E-state index in [0.717, 1.165) is 79.2 Å². The van der Waals surface area contributed by atoms with E-state index in [4.69, 9.17) is 9.47 Å². The average Bonchev–Trinajstić information content (AvgIpc) is 3.92. The number of amides is 3. The minimum atomic E-state index is -1.28. The number of ether oxygens (including phenoxy) is 2. The highest BCUT2D eigenvalue weighted by atomic mass is 16.6. The lowest BCUT2D eigenvalue weighted by molar-refractivity contribution is -0.129. The van der Waals surface area contributed by atoms with Gasteiger partial charge in [0.15, 0.2) is 0 Å². The second-order valence-corrected chi connectivity index (χ2v) is 18.7. The van der Waals surface area contributed by atoms with E-state index < -0.39 is 17.7 Å². The number of benzene rings is 6. The van der Waals surface area contributed by atoms with Gasteiger partial charge in [-0.3, -0.25) is 14.6 Å². The fraction of sp³-hybridized carbons (Fsp3) is 0.293. The Balaban J connectivity index is 0.794. The first kappa shape index (κ1) is 45.6. The Kier molecular flexibility index (Phi) is 13.9. The molecule has 0 atom stereocenters. The molecule has 0 saturated carbocycles. The molecule has 2 fully saturated rings. The van der Waals surface area contributed by atoms with Crippen molar-refractivity contribution in [2.45, 2.75) is 56.8 Å². The minimum absolute atomic E-state index is 0.125. The molecule has 2 aliphatic heterocycles. The van der Waals surface area contributed by atoms with Crippen molar-refractivity contribution in [3.8, 4) is 16.8 Å². The zero-order valence-electron chi connectivity index (χ0n) is 39.1. The molecule has 11 heteroatoms. The molecule has 0 spiro atoms. The number of para-hydroxylation sites is 1. The van der Waals surface area contributed by atoms with E-state index in [2.05, 4.69) is 128 Å². The summed E-state index contributed by atoms with van der Waals surface area (Å²) < 4.78 is 13.9. The highest BCUT2D eigenvalue weighted by Gasteiger charge is 2.44. The van der Waals surface area contributed by atoms with Gasteiger partial charge in [-0.2, -0.15) is 0 Å². The highest BCUT2D eigenvalue weighted by molar-refractivity contribution is 5.91. The van der Waals surface area contributed by atoms with Crippen LogP contribution < -0.4 is 10.6 Å². The number of carbonyl (C=O) groups is 3. The van der Waals surface area contributed by atoms with Gasteiger partial charge in [0.05, 0.1) is 5.52 Å². The van der Waals surface area contributed by atoms with Crippen LogP contribution in [0.2, 0.25) is 0 Å². The maximum atomic E-state index is 14.4. The SMILES string of the molecule is O=C(NC1(C(=O)NCCCc2cn(-c3ccccc3)c3cc(CN4CCN(Cc5ccccc5)CC4)ccc23)CCN(C(=O)OCc2ccccc2)CC1)OCC1c2ccccc2-c2ccccc21. The lowest BCUT2D eigenvalue weighted by Gasteiger charge is -2.40. The van der Waals surface area contributed by atoms with Crippen molar-refractivity contribution in [1.29, 1.82) is 0 Å². The van der Waals surface area contributed by atoms with Crippen LogP contribution in [-0.4, -0.2) is 95.3 Å². The second kappa shape index (κ2) is 21.0. The molecular weight excluding hydrogens is 861 g/mol. The van der Waals surface area contributed by atoms with Crippen molar-refractivity contribution in [3.63, 3.8) is 0 Å². The van der Waals surface area contributed by atoms with E-state index in [1.54, 1.807) is 4.90 Å². The number of rotatable bonds is 15. The first-order valence-corrected chi connectivity index (χ1v) is 24.4. The molecule has 7 aromatic rings. The Morgan fingerprint density at radius 2 is 1.19 bits per heavy atom. The van der Waals surface area contributed by atoms with Gasteiger partial charge >= 0.3 is 12.2 Å². The van der Waals surface area contributed by atoms with E-state index in [-0.39, 0.29) is 51.0 Å². The molecule has 0 bridgehead atoms. The smallest absolute Gasteiger partial charge is 0.410 e. The third-order valence-corrected chi connectivity index (χ3v) is 14.2. The standard InChI is InChI=1S/C58H60N6O5/c65-55(59-30-14-19-46-40-64(47-20-8-3-9-21-47)54-37-45(26-27-48(46)54)39-62-35-33-61(34-36-62)38-43-15-4-1-5-16-43)58(28-31-63(32-29-58)57(67)69-41-44-17-6-2-7-18-44)60-56(66)68-42-53-51-24-12-10-22-49(51)50-23-11-13-25-52(50)53/h1-13,15-18,20-27,37,40,53H,14,19,28-36,38-39,41-42H2,(H,59,65)(H,60,66). The molecule has 1 aliphatic carbocycles. The molecule has 0 unspecified atom stereocenters. The molecule has 2 saturated heterocycles. The molecule has 2 N–H and O–H groups in total. The summed E-state index contributed by atoms with van der Waals surface area (Å²) in [6, 6.07) is 54.0. The van der Waals surface area contributed by atoms with E-state index >= 15 is 0 Å². The van der Waals surface area contributed by atoms with Crippen LogP contribution in [0.4, 0.5) is 9.59 Å². The van der Waals surface area contributed by atoms with Gasteiger partial charge in [-0.05, 0) is 88.4 Å². The summed E-state index contributed by atoms with van der Waals surface area (Å²) >= 11 is 0. The summed E-state index contributed by atoms with van der Waals surface area (Å²) in [7, 11) is 0. The Morgan fingerprint density at radius 1 is 0.609 bits per heavy atom. The number of alkyl carbamates (subject to hydrolysis) is 1. The maximum Gasteiger partial charge on any atom is 0.410 e. The van der Waals surface area contributed by atoms with Crippen molar-refractivity contribution in [2.75, 3.05) is 52.4 Å². The molecule has 352 valence electrons. The van der Waals surface area contributed by atoms with E-state index in [1.165, 1.54) is 27.6 Å². The van der Waals surface area contributed by atoms with Gasteiger partial charge in [0.1, 0.15) is 18.8 Å². The fourth-order valence-electron chi connectivity index (χ4n) is 10.4. The second-order valence-electron chi connectivity index (χ2n) is 18.7. The van der Waals surface area contributed by atoms with Gasteiger partial charge in [-0.25, -0.2) is 9.59 Å². The predicted molar refractivity (Wildman–Crippen MR) is 270 cm³/mol. The van der Waals surface area contributed by atoms with E-state index in [1.807, 2.05) is 60.7 Å². The number of hydrogen-bond donors (Lipinski definition) is 2. The van der Waals surface area contributed by atoms with Crippen LogP contribution in [-0.2, 0) is 40.4 Å². The van der Waals surface area contributed by atoms with E-state index in [9.17, 15) is 14.4 Å². The highest BCUT2D eigenvalue weighted by Crippen LogP contribution is 2.44. The van der Waals surface area contributed by atoms with E-state index in [0.29, 0.717) is 13.0 Å². The third-order valence-electron chi connectivity index (χ3n) is 14.2. The molecule has 10 rings (SSSR count). The number of nitrogens with one attached hydrogen (secondary N) is 2. The zero-order valence-corrected chi connectivity index (χ0v) is 39.1. The fourth-order valence-corrected chi connectivity index (χ4v) is 10.4. The molecule has 0 radical (unpaired) electrons. The van der Waals surface area contributed by atoms with Crippen LogP contribution >= 0.6 is 0 Å². The van der Waals surface area contributed by atoms with Crippen LogP contribution in [0.5, 0.6) is 0 Å². The number of hydrogen-bond acceptors (Lipinski definition) is 7. The normalized spacial score (nSPS) is 15.9. The number of likely N-dealkylation sites (tertiary alicyclic amines) is 1. The van der Waals surface area contributed by atoms with Crippen molar-refractivity contribution < 1.29 is 23.9 Å². The Bertz CT molecular complexity index is 2830. The molecule has 69 heavy (non-hydrogen) atoms. The van der Waals surface area contributed by atoms with Crippen LogP contribution in [0.1, 0.15) is 58.6 Å². The van der Waals surface area contributed by atoms with Crippen molar-refractivity contribution in [2.24, 2.45) is 0 Å². The monoisotopic (exact) mass is 920 g/mol. The van der Waals surface area contributed by atoms with Gasteiger partial charge in [0.2, 0.25) is 5.91 Å². The Hall–Kier alpha value is -7.21. The molecule has 3 aliphatic rings. The number of aromatic nitrogens is 1. The topological polar surface area (TPSA) is 108 Å². The lowest BCUT2D eigenvalue weighted by atomic mass is 9.86. The summed E-state index contributed by atoms with van der Waals surface area (Å²) in [6.45, 7) is 7.19. The zero-order chi connectivity index (χ0) is 47.0. The van der Waals surface area contributed by atoms with Crippen LogP contribution in [0.15, 0.2) is 164 Å². The number of aryl methyl sites for hydroxylation is 1. The lowest BCUT2D eigenvalue weighted by Crippen LogP contribution is -2.64. The van der Waals surface area contributed by atoms with Crippen molar-refractivity contribution in [1.82, 2.24) is 29.9 Å². The maximum absolute atomic E-state index is 14.4. The third kappa shape index (κ3) is 10.5. The first-order chi connectivity index (χ1) is 33.9. The number of piperidine rings is 1. The Morgan fingerprint density at radius 3 is 1.84 bits per heavy atom. The number of nitrogens with zero attached hydrogens (tertiary/aromatic N) is 4. The van der Waals surface area contributed by atoms with Gasteiger partial charge in [0, 0.05) is 82.1 Å². The van der Waals surface area contributed by atoms with Gasteiger partial charge in [-0.15, -0.1) is 0 Å². The summed E-state index contributed by atoms with van der Waals surface area (Å²) in [5, 5.41) is 7.39. The van der Waals surface area contributed by atoms with Crippen molar-refractivity contribution >= 4 is 29.0 Å². The van der Waals surface area contributed by atoms with Crippen LogP contribution in [0.25, 0.3) is 27.7 Å². The van der Waals surface area contributed by atoms with Crippen LogP contribution in [0, 0.1) is 0 Å². The van der Waals surface area contributed by atoms with Crippen molar-refractivity contribution in [3.05, 3.63) is 197 Å². The summed E-state index contributed by atoms with van der Waals surface area (Å²) in [4.78, 5) is 48.2.